The Morgan fingerprint density at radius 1 is 1.00 bits per heavy atom. The van der Waals surface area contributed by atoms with Gasteiger partial charge in [0.1, 0.15) is 5.54 Å². The first kappa shape index (κ1) is 9.89. The van der Waals surface area contributed by atoms with Gasteiger partial charge in [0.25, 0.3) is 0 Å². The normalized spacial score (nSPS) is 45.2. The van der Waals surface area contributed by atoms with Crippen molar-refractivity contribution in [3.8, 4) is 0 Å². The van der Waals surface area contributed by atoms with Gasteiger partial charge in [-0.05, 0) is 44.6 Å². The van der Waals surface area contributed by atoms with Gasteiger partial charge in [-0.1, -0.05) is 5.57 Å². The lowest BCUT2D eigenvalue weighted by Gasteiger charge is -2.56. The summed E-state index contributed by atoms with van der Waals surface area (Å²) in [6.45, 7) is 5.40. The predicted octanol–water partition coefficient (Wildman–Crippen LogP) is 3.26. The molecule has 84 valence electrons. The Morgan fingerprint density at radius 2 is 1.87 bits per heavy atom. The highest BCUT2D eigenvalue weighted by molar-refractivity contribution is 5.30. The fourth-order valence-corrected chi connectivity index (χ4v) is 4.40. The van der Waals surface area contributed by atoms with Crippen LogP contribution in [-0.2, 0) is 0 Å². The SMILES string of the molecule is C[C@]12CCCC[N+]1(C)CCC1=C2CCC1. The summed E-state index contributed by atoms with van der Waals surface area (Å²) in [7, 11) is 2.52. The highest BCUT2D eigenvalue weighted by Gasteiger charge is 2.52. The van der Waals surface area contributed by atoms with Crippen molar-refractivity contribution in [3.63, 3.8) is 0 Å². The molecule has 0 radical (unpaired) electrons. The van der Waals surface area contributed by atoms with Gasteiger partial charge in [0.05, 0.1) is 20.1 Å². The van der Waals surface area contributed by atoms with E-state index in [1.807, 2.05) is 11.1 Å². The molecule has 3 rings (SSSR count). The van der Waals surface area contributed by atoms with E-state index in [9.17, 15) is 0 Å². The van der Waals surface area contributed by atoms with Crippen LogP contribution < -0.4 is 0 Å². The molecule has 1 heteroatoms. The van der Waals surface area contributed by atoms with Crippen molar-refractivity contribution in [2.24, 2.45) is 0 Å². The lowest BCUT2D eigenvalue weighted by atomic mass is 9.74. The van der Waals surface area contributed by atoms with E-state index in [2.05, 4.69) is 14.0 Å². The summed E-state index contributed by atoms with van der Waals surface area (Å²) in [6.07, 6.45) is 10.0. The Labute approximate surface area is 93.7 Å². The first-order valence-corrected chi connectivity index (χ1v) is 6.72. The maximum absolute atomic E-state index is 2.56. The van der Waals surface area contributed by atoms with Gasteiger partial charge in [-0.2, -0.15) is 0 Å². The van der Waals surface area contributed by atoms with Crippen LogP contribution in [0, 0.1) is 0 Å². The molecule has 3 aliphatic rings. The summed E-state index contributed by atoms with van der Waals surface area (Å²) in [4.78, 5) is 0. The van der Waals surface area contributed by atoms with E-state index in [4.69, 9.17) is 0 Å². The summed E-state index contributed by atoms with van der Waals surface area (Å²) in [5.74, 6) is 0. The number of nitrogens with zero attached hydrogens (tertiary/aromatic N) is 1. The van der Waals surface area contributed by atoms with E-state index in [1.54, 1.807) is 0 Å². The van der Waals surface area contributed by atoms with Crippen LogP contribution in [0.2, 0.25) is 0 Å². The molecule has 0 aromatic carbocycles. The molecule has 0 N–H and O–H groups in total. The average Bonchev–Trinajstić information content (AvgIpc) is 2.68. The van der Waals surface area contributed by atoms with Crippen LogP contribution in [0.1, 0.15) is 51.9 Å². The molecule has 0 bridgehead atoms. The monoisotopic (exact) mass is 206 g/mol. The zero-order chi connectivity index (χ0) is 10.5. The fourth-order valence-electron chi connectivity index (χ4n) is 4.40. The zero-order valence-electron chi connectivity index (χ0n) is 10.3. The molecule has 1 saturated heterocycles. The van der Waals surface area contributed by atoms with E-state index in [1.165, 1.54) is 62.5 Å². The van der Waals surface area contributed by atoms with Gasteiger partial charge in [0.15, 0.2) is 0 Å². The van der Waals surface area contributed by atoms with Gasteiger partial charge in [-0.3, -0.25) is 0 Å². The number of quaternary nitrogens is 1. The van der Waals surface area contributed by atoms with Crippen molar-refractivity contribution in [2.75, 3.05) is 20.1 Å². The maximum Gasteiger partial charge on any atom is 0.118 e. The van der Waals surface area contributed by atoms with Crippen molar-refractivity contribution >= 4 is 0 Å². The van der Waals surface area contributed by atoms with E-state index < -0.39 is 0 Å². The van der Waals surface area contributed by atoms with E-state index in [-0.39, 0.29) is 0 Å². The molecule has 0 amide bonds. The van der Waals surface area contributed by atoms with Crippen LogP contribution in [0.15, 0.2) is 11.1 Å². The molecular formula is C14H24N+. The van der Waals surface area contributed by atoms with Gasteiger partial charge in [-0.15, -0.1) is 0 Å². The van der Waals surface area contributed by atoms with Crippen LogP contribution in [-0.4, -0.2) is 30.2 Å². The smallest absolute Gasteiger partial charge is 0.118 e. The van der Waals surface area contributed by atoms with E-state index in [0.29, 0.717) is 5.54 Å². The Hall–Kier alpha value is -0.300. The van der Waals surface area contributed by atoms with Gasteiger partial charge in [-0.25, -0.2) is 0 Å². The Bertz CT molecular complexity index is 317. The number of hydrogen-bond donors (Lipinski definition) is 0. The van der Waals surface area contributed by atoms with Crippen molar-refractivity contribution in [1.29, 1.82) is 0 Å². The topological polar surface area (TPSA) is 0 Å². The van der Waals surface area contributed by atoms with Crippen LogP contribution in [0.5, 0.6) is 0 Å². The number of hydrogen-bond acceptors (Lipinski definition) is 0. The molecular weight excluding hydrogens is 182 g/mol. The third-order valence-electron chi connectivity index (χ3n) is 5.65. The molecule has 15 heavy (non-hydrogen) atoms. The molecule has 1 aliphatic carbocycles. The largest absolute Gasteiger partial charge is 0.318 e. The van der Waals surface area contributed by atoms with E-state index in [0.717, 1.165) is 0 Å². The standard InChI is InChI=1S/C14H24N/c1-14-9-3-4-10-15(14,2)11-8-12-6-5-7-13(12)14/h3-11H2,1-2H3/q+1/t14-,15?/m1/s1. The molecule has 0 aromatic heterocycles. The van der Waals surface area contributed by atoms with Crippen LogP contribution in [0.25, 0.3) is 0 Å². The zero-order valence-corrected chi connectivity index (χ0v) is 10.3. The van der Waals surface area contributed by atoms with Crippen LogP contribution >= 0.6 is 0 Å². The second-order valence-electron chi connectivity index (χ2n) is 6.26. The van der Waals surface area contributed by atoms with Crippen molar-refractivity contribution < 1.29 is 4.48 Å². The Morgan fingerprint density at radius 3 is 2.73 bits per heavy atom. The number of piperidine rings is 1. The number of likely N-dealkylation sites (N-methyl/N-ethyl adjacent to an activating group) is 1. The average molecular weight is 206 g/mol. The summed E-state index contributed by atoms with van der Waals surface area (Å²) >= 11 is 0. The molecule has 1 nitrogen and oxygen atoms in total. The first-order chi connectivity index (χ1) is 7.16. The predicted molar refractivity (Wildman–Crippen MR) is 63.7 cm³/mol. The van der Waals surface area contributed by atoms with Gasteiger partial charge < -0.3 is 4.48 Å². The molecule has 2 heterocycles. The van der Waals surface area contributed by atoms with Gasteiger partial charge in [0.2, 0.25) is 0 Å². The minimum atomic E-state index is 0.530. The second-order valence-corrected chi connectivity index (χ2v) is 6.26. The quantitative estimate of drug-likeness (QED) is 0.421. The van der Waals surface area contributed by atoms with Crippen LogP contribution in [0.4, 0.5) is 0 Å². The summed E-state index contributed by atoms with van der Waals surface area (Å²) in [5, 5.41) is 0. The van der Waals surface area contributed by atoms with Crippen molar-refractivity contribution in [1.82, 2.24) is 0 Å². The highest BCUT2D eigenvalue weighted by Crippen LogP contribution is 2.49. The van der Waals surface area contributed by atoms with Gasteiger partial charge in [0, 0.05) is 12.8 Å². The van der Waals surface area contributed by atoms with E-state index >= 15 is 0 Å². The maximum atomic E-state index is 2.56. The summed E-state index contributed by atoms with van der Waals surface area (Å²) in [5.41, 5.74) is 4.27. The molecule has 0 spiro atoms. The van der Waals surface area contributed by atoms with Gasteiger partial charge >= 0.3 is 0 Å². The fraction of sp³-hybridized carbons (Fsp3) is 0.857. The second kappa shape index (κ2) is 3.10. The van der Waals surface area contributed by atoms with Crippen molar-refractivity contribution in [3.05, 3.63) is 11.1 Å². The minimum absolute atomic E-state index is 0.530. The van der Waals surface area contributed by atoms with Crippen molar-refractivity contribution in [2.45, 2.75) is 57.4 Å². The molecule has 2 atom stereocenters. The lowest BCUT2D eigenvalue weighted by molar-refractivity contribution is -0.958. The molecule has 0 aromatic rings. The first-order valence-electron chi connectivity index (χ1n) is 6.72. The molecule has 1 unspecified atom stereocenters. The van der Waals surface area contributed by atoms with Crippen LogP contribution in [0.3, 0.4) is 0 Å². The lowest BCUT2D eigenvalue weighted by Crippen LogP contribution is -2.65. The molecule has 1 fully saturated rings. The molecule has 2 aliphatic heterocycles. The highest BCUT2D eigenvalue weighted by atomic mass is 15.4. The number of fused-ring (bicyclic) bond motifs is 2. The Kier molecular flexibility index (Phi) is 2.04. The third kappa shape index (κ3) is 1.19. The molecule has 0 saturated carbocycles. The Balaban J connectivity index is 2.05. The summed E-state index contributed by atoms with van der Waals surface area (Å²) < 4.78 is 1.35. The third-order valence-corrected chi connectivity index (χ3v) is 5.65. The summed E-state index contributed by atoms with van der Waals surface area (Å²) in [6, 6.07) is 0. The minimum Gasteiger partial charge on any atom is -0.318 e. The number of rotatable bonds is 0.